The van der Waals surface area contributed by atoms with E-state index in [1.165, 1.54) is 0 Å². The van der Waals surface area contributed by atoms with Crippen LogP contribution in [0.5, 0.6) is 11.5 Å². The third-order valence-electron chi connectivity index (χ3n) is 2.45. The van der Waals surface area contributed by atoms with E-state index < -0.39 is 0 Å². The minimum absolute atomic E-state index is 0.197. The molecule has 0 unspecified atom stereocenters. The van der Waals surface area contributed by atoms with E-state index in [0.717, 1.165) is 12.8 Å². The molecule has 0 bridgehead atoms. The molecule has 0 aliphatic carbocycles. The highest BCUT2D eigenvalue weighted by molar-refractivity contribution is 5.89. The summed E-state index contributed by atoms with van der Waals surface area (Å²) in [5.41, 5.74) is 0.697. The minimum Gasteiger partial charge on any atom is -0.454 e. The molecule has 1 heterocycles. The molecular weight excluding hydrogens is 220 g/mol. The molecule has 0 atom stereocenters. The second-order valence-electron chi connectivity index (χ2n) is 3.80. The Hall–Kier alpha value is -1.91. The first-order chi connectivity index (χ1) is 8.29. The standard InChI is InChI=1S/C12H16N2O3/c1-2-3-6-13-12(15)14-9-4-5-10-11(7-9)17-8-16-10/h4-5,7H,2-3,6,8H2,1H3,(H2,13,14,15). The molecule has 0 spiro atoms. The molecular formula is C12H16N2O3. The van der Waals surface area contributed by atoms with Gasteiger partial charge < -0.3 is 20.1 Å². The van der Waals surface area contributed by atoms with E-state index in [2.05, 4.69) is 17.6 Å². The number of unbranched alkanes of at least 4 members (excludes halogenated alkanes) is 1. The van der Waals surface area contributed by atoms with E-state index in [9.17, 15) is 4.79 Å². The number of rotatable bonds is 4. The van der Waals surface area contributed by atoms with Crippen LogP contribution in [-0.4, -0.2) is 19.4 Å². The van der Waals surface area contributed by atoms with Crippen molar-refractivity contribution in [1.29, 1.82) is 0 Å². The van der Waals surface area contributed by atoms with E-state index in [1.54, 1.807) is 18.2 Å². The van der Waals surface area contributed by atoms with Gasteiger partial charge in [-0.1, -0.05) is 13.3 Å². The lowest BCUT2D eigenvalue weighted by Gasteiger charge is -2.07. The topological polar surface area (TPSA) is 59.6 Å². The van der Waals surface area contributed by atoms with Crippen LogP contribution < -0.4 is 20.1 Å². The fraction of sp³-hybridized carbons (Fsp3) is 0.417. The maximum atomic E-state index is 11.5. The predicted octanol–water partition coefficient (Wildman–Crippen LogP) is 2.34. The first-order valence-corrected chi connectivity index (χ1v) is 5.74. The van der Waals surface area contributed by atoms with Gasteiger partial charge in [-0.2, -0.15) is 0 Å². The number of hydrogen-bond donors (Lipinski definition) is 2. The number of benzene rings is 1. The molecule has 0 aromatic heterocycles. The van der Waals surface area contributed by atoms with Crippen molar-refractivity contribution in [3.05, 3.63) is 18.2 Å². The Labute approximate surface area is 100 Å². The number of anilines is 1. The average Bonchev–Trinajstić information content (AvgIpc) is 2.76. The number of carbonyl (C=O) groups excluding carboxylic acids is 1. The van der Waals surface area contributed by atoms with Gasteiger partial charge >= 0.3 is 6.03 Å². The average molecular weight is 236 g/mol. The Morgan fingerprint density at radius 1 is 1.35 bits per heavy atom. The second-order valence-corrected chi connectivity index (χ2v) is 3.80. The number of fused-ring (bicyclic) bond motifs is 1. The van der Waals surface area contributed by atoms with E-state index in [1.807, 2.05) is 0 Å². The van der Waals surface area contributed by atoms with E-state index in [-0.39, 0.29) is 12.8 Å². The van der Waals surface area contributed by atoms with Gasteiger partial charge in [0.15, 0.2) is 11.5 Å². The Bertz CT molecular complexity index is 407. The summed E-state index contributed by atoms with van der Waals surface area (Å²) in [4.78, 5) is 11.5. The van der Waals surface area contributed by atoms with Crippen molar-refractivity contribution in [3.63, 3.8) is 0 Å². The van der Waals surface area contributed by atoms with Gasteiger partial charge in [0.05, 0.1) is 0 Å². The first kappa shape index (κ1) is 11.6. The summed E-state index contributed by atoms with van der Waals surface area (Å²) in [5.74, 6) is 1.37. The molecule has 1 aliphatic rings. The van der Waals surface area contributed by atoms with Crippen LogP contribution in [0.3, 0.4) is 0 Å². The molecule has 1 aliphatic heterocycles. The zero-order chi connectivity index (χ0) is 12.1. The summed E-state index contributed by atoms with van der Waals surface area (Å²) in [6.45, 7) is 3.01. The third kappa shape index (κ3) is 3.03. The molecule has 0 saturated heterocycles. The van der Waals surface area contributed by atoms with Gasteiger partial charge in [-0.05, 0) is 18.6 Å². The lowest BCUT2D eigenvalue weighted by atomic mass is 10.3. The van der Waals surface area contributed by atoms with Crippen LogP contribution in [0.4, 0.5) is 10.5 Å². The molecule has 2 rings (SSSR count). The van der Waals surface area contributed by atoms with E-state index in [0.29, 0.717) is 23.7 Å². The number of carbonyl (C=O) groups is 1. The maximum Gasteiger partial charge on any atom is 0.319 e. The van der Waals surface area contributed by atoms with E-state index >= 15 is 0 Å². The van der Waals surface area contributed by atoms with Crippen LogP contribution >= 0.6 is 0 Å². The zero-order valence-corrected chi connectivity index (χ0v) is 9.79. The highest BCUT2D eigenvalue weighted by atomic mass is 16.7. The molecule has 0 radical (unpaired) electrons. The van der Waals surface area contributed by atoms with Crippen LogP contribution in [0.2, 0.25) is 0 Å². The molecule has 1 aromatic rings. The molecule has 0 saturated carbocycles. The minimum atomic E-state index is -0.197. The van der Waals surface area contributed by atoms with Gasteiger partial charge in [-0.25, -0.2) is 4.79 Å². The normalized spacial score (nSPS) is 12.3. The highest BCUT2D eigenvalue weighted by Crippen LogP contribution is 2.34. The molecule has 2 N–H and O–H groups in total. The number of hydrogen-bond acceptors (Lipinski definition) is 3. The van der Waals surface area contributed by atoms with Gasteiger partial charge in [0.1, 0.15) is 0 Å². The van der Waals surface area contributed by atoms with Crippen molar-refractivity contribution in [2.24, 2.45) is 0 Å². The van der Waals surface area contributed by atoms with Gasteiger partial charge in [0.2, 0.25) is 6.79 Å². The molecule has 1 aromatic carbocycles. The predicted molar refractivity (Wildman–Crippen MR) is 64.5 cm³/mol. The number of amides is 2. The van der Waals surface area contributed by atoms with Crippen molar-refractivity contribution >= 4 is 11.7 Å². The largest absolute Gasteiger partial charge is 0.454 e. The van der Waals surface area contributed by atoms with Gasteiger partial charge in [-0.3, -0.25) is 0 Å². The quantitative estimate of drug-likeness (QED) is 0.789. The van der Waals surface area contributed by atoms with Crippen LogP contribution in [0.1, 0.15) is 19.8 Å². The van der Waals surface area contributed by atoms with Gasteiger partial charge in [0.25, 0.3) is 0 Å². The highest BCUT2D eigenvalue weighted by Gasteiger charge is 2.13. The van der Waals surface area contributed by atoms with Crippen LogP contribution in [0.25, 0.3) is 0 Å². The van der Waals surface area contributed by atoms with Crippen LogP contribution in [-0.2, 0) is 0 Å². The summed E-state index contributed by atoms with van der Waals surface area (Å²) in [7, 11) is 0. The summed E-state index contributed by atoms with van der Waals surface area (Å²) >= 11 is 0. The lowest BCUT2D eigenvalue weighted by Crippen LogP contribution is -2.29. The fourth-order valence-electron chi connectivity index (χ4n) is 1.53. The van der Waals surface area contributed by atoms with E-state index in [4.69, 9.17) is 9.47 Å². The molecule has 5 heteroatoms. The zero-order valence-electron chi connectivity index (χ0n) is 9.79. The van der Waals surface area contributed by atoms with Gasteiger partial charge in [-0.15, -0.1) is 0 Å². The summed E-state index contributed by atoms with van der Waals surface area (Å²) in [5, 5.41) is 5.52. The maximum absolute atomic E-state index is 11.5. The second kappa shape index (κ2) is 5.43. The fourth-order valence-corrected chi connectivity index (χ4v) is 1.53. The smallest absolute Gasteiger partial charge is 0.319 e. The molecule has 17 heavy (non-hydrogen) atoms. The van der Waals surface area contributed by atoms with Crippen LogP contribution in [0, 0.1) is 0 Å². The number of nitrogens with one attached hydrogen (secondary N) is 2. The SMILES string of the molecule is CCCCNC(=O)Nc1ccc2c(c1)OCO2. The lowest BCUT2D eigenvalue weighted by molar-refractivity contribution is 0.174. The Balaban J connectivity index is 1.88. The van der Waals surface area contributed by atoms with Crippen molar-refractivity contribution in [2.45, 2.75) is 19.8 Å². The molecule has 5 nitrogen and oxygen atoms in total. The third-order valence-corrected chi connectivity index (χ3v) is 2.45. The van der Waals surface area contributed by atoms with Crippen molar-refractivity contribution in [3.8, 4) is 11.5 Å². The summed E-state index contributed by atoms with van der Waals surface area (Å²) < 4.78 is 10.4. The molecule has 0 fully saturated rings. The van der Waals surface area contributed by atoms with Crippen molar-refractivity contribution < 1.29 is 14.3 Å². The van der Waals surface area contributed by atoms with Crippen molar-refractivity contribution in [2.75, 3.05) is 18.7 Å². The van der Waals surface area contributed by atoms with Crippen molar-refractivity contribution in [1.82, 2.24) is 5.32 Å². The number of urea groups is 1. The Morgan fingerprint density at radius 3 is 3.00 bits per heavy atom. The molecule has 2 amide bonds. The monoisotopic (exact) mass is 236 g/mol. The Kier molecular flexibility index (Phi) is 3.69. The Morgan fingerprint density at radius 2 is 2.18 bits per heavy atom. The summed E-state index contributed by atoms with van der Waals surface area (Å²) in [6.07, 6.45) is 2.04. The van der Waals surface area contributed by atoms with Crippen LogP contribution in [0.15, 0.2) is 18.2 Å². The molecule has 92 valence electrons. The number of ether oxygens (including phenoxy) is 2. The van der Waals surface area contributed by atoms with Gasteiger partial charge in [0, 0.05) is 18.3 Å². The first-order valence-electron chi connectivity index (χ1n) is 5.74. The summed E-state index contributed by atoms with van der Waals surface area (Å²) in [6, 6.07) is 5.12.